The van der Waals surface area contributed by atoms with Crippen molar-refractivity contribution in [1.29, 1.82) is 0 Å². The topological polar surface area (TPSA) is 49.4 Å². The van der Waals surface area contributed by atoms with E-state index in [4.69, 9.17) is 0 Å². The molecule has 29 heavy (non-hydrogen) atoms. The number of nitrogens with zero attached hydrogens (tertiary/aromatic N) is 1. The molecule has 0 spiro atoms. The van der Waals surface area contributed by atoms with Crippen molar-refractivity contribution in [2.45, 2.75) is 32.4 Å². The predicted molar refractivity (Wildman–Crippen MR) is 118 cm³/mol. The van der Waals surface area contributed by atoms with Crippen molar-refractivity contribution >= 4 is 23.2 Å². The highest BCUT2D eigenvalue weighted by molar-refractivity contribution is 7.09. The van der Waals surface area contributed by atoms with Crippen molar-refractivity contribution in [3.8, 4) is 0 Å². The third kappa shape index (κ3) is 6.57. The molecule has 0 bridgehead atoms. The standard InChI is InChI=1S/C24H26N2O2S/c1-19(25-24(28)21-11-6-3-7-12-21)17-23(27)26(18-22-13-8-16-29-22)15-14-20-9-4-2-5-10-20/h2-13,16,19H,14-15,17-18H2,1H3,(H,25,28). The summed E-state index contributed by atoms with van der Waals surface area (Å²) in [7, 11) is 0. The van der Waals surface area contributed by atoms with Gasteiger partial charge < -0.3 is 10.2 Å². The fourth-order valence-corrected chi connectivity index (χ4v) is 3.85. The van der Waals surface area contributed by atoms with Gasteiger partial charge in [-0.2, -0.15) is 0 Å². The Bertz CT molecular complexity index is 895. The quantitative estimate of drug-likeness (QED) is 0.568. The molecular formula is C24H26N2O2S. The molecule has 0 fully saturated rings. The van der Waals surface area contributed by atoms with Crippen LogP contribution in [0.15, 0.2) is 78.2 Å². The summed E-state index contributed by atoms with van der Waals surface area (Å²) >= 11 is 1.65. The second-order valence-corrected chi connectivity index (χ2v) is 8.11. The Morgan fingerprint density at radius 1 is 0.966 bits per heavy atom. The maximum Gasteiger partial charge on any atom is 0.251 e. The van der Waals surface area contributed by atoms with Gasteiger partial charge in [0.05, 0.1) is 6.54 Å². The Morgan fingerprint density at radius 3 is 2.31 bits per heavy atom. The van der Waals surface area contributed by atoms with Gasteiger partial charge in [0, 0.05) is 29.4 Å². The van der Waals surface area contributed by atoms with Crippen molar-refractivity contribution in [2.24, 2.45) is 0 Å². The second kappa shape index (κ2) is 10.6. The number of benzene rings is 2. The van der Waals surface area contributed by atoms with Gasteiger partial charge in [0.2, 0.25) is 5.91 Å². The lowest BCUT2D eigenvalue weighted by Crippen LogP contribution is -2.39. The van der Waals surface area contributed by atoms with Crippen molar-refractivity contribution < 1.29 is 9.59 Å². The van der Waals surface area contributed by atoms with Crippen LogP contribution in [0.2, 0.25) is 0 Å². The summed E-state index contributed by atoms with van der Waals surface area (Å²) in [5.74, 6) is -0.102. The molecule has 0 aliphatic rings. The van der Waals surface area contributed by atoms with E-state index in [-0.39, 0.29) is 24.3 Å². The molecule has 4 nitrogen and oxygen atoms in total. The molecule has 1 atom stereocenters. The van der Waals surface area contributed by atoms with Crippen LogP contribution >= 0.6 is 11.3 Å². The van der Waals surface area contributed by atoms with E-state index in [1.165, 1.54) is 5.56 Å². The van der Waals surface area contributed by atoms with Crippen LogP contribution in [0.4, 0.5) is 0 Å². The smallest absolute Gasteiger partial charge is 0.251 e. The van der Waals surface area contributed by atoms with Gasteiger partial charge >= 0.3 is 0 Å². The number of amides is 2. The zero-order valence-corrected chi connectivity index (χ0v) is 17.4. The number of hydrogen-bond donors (Lipinski definition) is 1. The molecule has 0 saturated heterocycles. The minimum atomic E-state index is -0.238. The summed E-state index contributed by atoms with van der Waals surface area (Å²) in [5.41, 5.74) is 1.81. The third-order valence-corrected chi connectivity index (χ3v) is 5.55. The monoisotopic (exact) mass is 406 g/mol. The molecule has 3 aromatic rings. The van der Waals surface area contributed by atoms with E-state index in [1.54, 1.807) is 23.5 Å². The lowest BCUT2D eigenvalue weighted by Gasteiger charge is -2.24. The molecule has 3 rings (SSSR count). The first-order valence-corrected chi connectivity index (χ1v) is 10.7. The maximum atomic E-state index is 13.0. The van der Waals surface area contributed by atoms with Crippen LogP contribution in [-0.4, -0.2) is 29.3 Å². The molecule has 1 N–H and O–H groups in total. The van der Waals surface area contributed by atoms with Crippen molar-refractivity contribution in [3.63, 3.8) is 0 Å². The van der Waals surface area contributed by atoms with Gasteiger partial charge in [0.1, 0.15) is 0 Å². The molecule has 1 heterocycles. The predicted octanol–water partition coefficient (Wildman–Crippen LogP) is 4.53. The summed E-state index contributed by atoms with van der Waals surface area (Å²) in [6.07, 6.45) is 1.08. The van der Waals surface area contributed by atoms with E-state index in [1.807, 2.05) is 65.7 Å². The summed E-state index contributed by atoms with van der Waals surface area (Å²) < 4.78 is 0. The molecule has 2 amide bonds. The van der Waals surface area contributed by atoms with E-state index < -0.39 is 0 Å². The first kappa shape index (κ1) is 20.8. The molecule has 0 saturated carbocycles. The number of carbonyl (C=O) groups excluding carboxylic acids is 2. The van der Waals surface area contributed by atoms with E-state index in [0.29, 0.717) is 18.7 Å². The van der Waals surface area contributed by atoms with Gasteiger partial charge in [-0.3, -0.25) is 9.59 Å². The number of nitrogens with one attached hydrogen (secondary N) is 1. The highest BCUT2D eigenvalue weighted by Crippen LogP contribution is 2.14. The number of hydrogen-bond acceptors (Lipinski definition) is 3. The lowest BCUT2D eigenvalue weighted by atomic mass is 10.1. The average molecular weight is 407 g/mol. The first-order chi connectivity index (χ1) is 14.1. The van der Waals surface area contributed by atoms with Crippen LogP contribution in [0.3, 0.4) is 0 Å². The van der Waals surface area contributed by atoms with Gasteiger partial charge in [-0.05, 0) is 42.5 Å². The highest BCUT2D eigenvalue weighted by atomic mass is 32.1. The van der Waals surface area contributed by atoms with Gasteiger partial charge in [-0.25, -0.2) is 0 Å². The van der Waals surface area contributed by atoms with Crippen LogP contribution in [0, 0.1) is 0 Å². The number of carbonyl (C=O) groups is 2. The summed E-state index contributed by atoms with van der Waals surface area (Å²) in [4.78, 5) is 28.4. The SMILES string of the molecule is CC(CC(=O)N(CCc1ccccc1)Cc1cccs1)NC(=O)c1ccccc1. The number of rotatable bonds is 9. The van der Waals surface area contributed by atoms with E-state index in [9.17, 15) is 9.59 Å². The minimum absolute atomic E-state index is 0.0511. The molecular weight excluding hydrogens is 380 g/mol. The highest BCUT2D eigenvalue weighted by Gasteiger charge is 2.19. The Labute approximate surface area is 176 Å². The molecule has 150 valence electrons. The molecule has 0 radical (unpaired) electrons. The average Bonchev–Trinajstić information content (AvgIpc) is 3.25. The zero-order valence-electron chi connectivity index (χ0n) is 16.6. The Kier molecular flexibility index (Phi) is 7.59. The fraction of sp³-hybridized carbons (Fsp3) is 0.250. The molecule has 0 aliphatic heterocycles. The third-order valence-electron chi connectivity index (χ3n) is 4.69. The van der Waals surface area contributed by atoms with Crippen LogP contribution in [0.1, 0.15) is 34.1 Å². The Morgan fingerprint density at radius 2 is 1.66 bits per heavy atom. The van der Waals surface area contributed by atoms with Crippen molar-refractivity contribution in [3.05, 3.63) is 94.2 Å². The van der Waals surface area contributed by atoms with Gasteiger partial charge in [-0.1, -0.05) is 54.6 Å². The Balaban J connectivity index is 1.59. The van der Waals surface area contributed by atoms with Crippen LogP contribution < -0.4 is 5.32 Å². The normalized spacial score (nSPS) is 11.6. The zero-order chi connectivity index (χ0) is 20.5. The van der Waals surface area contributed by atoms with Crippen LogP contribution in [-0.2, 0) is 17.8 Å². The summed E-state index contributed by atoms with van der Waals surface area (Å²) in [6.45, 7) is 3.13. The van der Waals surface area contributed by atoms with Crippen LogP contribution in [0.25, 0.3) is 0 Å². The fourth-order valence-electron chi connectivity index (χ4n) is 3.13. The van der Waals surface area contributed by atoms with Gasteiger partial charge in [-0.15, -0.1) is 11.3 Å². The molecule has 2 aromatic carbocycles. The van der Waals surface area contributed by atoms with Crippen molar-refractivity contribution in [1.82, 2.24) is 10.2 Å². The molecule has 0 aliphatic carbocycles. The largest absolute Gasteiger partial charge is 0.349 e. The minimum Gasteiger partial charge on any atom is -0.349 e. The first-order valence-electron chi connectivity index (χ1n) is 9.82. The van der Waals surface area contributed by atoms with E-state index in [2.05, 4.69) is 17.4 Å². The second-order valence-electron chi connectivity index (χ2n) is 7.07. The number of thiophene rings is 1. The Hall–Kier alpha value is -2.92. The van der Waals surface area contributed by atoms with Crippen molar-refractivity contribution in [2.75, 3.05) is 6.54 Å². The van der Waals surface area contributed by atoms with E-state index >= 15 is 0 Å². The summed E-state index contributed by atoms with van der Waals surface area (Å²) in [6, 6.07) is 23.1. The maximum absolute atomic E-state index is 13.0. The molecule has 1 unspecified atom stereocenters. The van der Waals surface area contributed by atoms with Crippen LogP contribution in [0.5, 0.6) is 0 Å². The van der Waals surface area contributed by atoms with Gasteiger partial charge in [0.15, 0.2) is 0 Å². The van der Waals surface area contributed by atoms with Gasteiger partial charge in [0.25, 0.3) is 5.91 Å². The molecule has 1 aromatic heterocycles. The van der Waals surface area contributed by atoms with E-state index in [0.717, 1.165) is 11.3 Å². The molecule has 5 heteroatoms. The summed E-state index contributed by atoms with van der Waals surface area (Å²) in [5, 5.41) is 4.96. The lowest BCUT2D eigenvalue weighted by molar-refractivity contribution is -0.132.